The second-order valence-electron chi connectivity index (χ2n) is 6.16. The lowest BCUT2D eigenvalue weighted by Gasteiger charge is -2.11. The van der Waals surface area contributed by atoms with Gasteiger partial charge in [-0.3, -0.25) is 14.4 Å². The smallest absolute Gasteiger partial charge is 0.265 e. The number of nitrogens with two attached hydrogens (primary N) is 1. The number of nitrogens with zero attached hydrogens (tertiary/aromatic N) is 1. The summed E-state index contributed by atoms with van der Waals surface area (Å²) in [5.41, 5.74) is 7.60. The lowest BCUT2D eigenvalue weighted by molar-refractivity contribution is -0.115. The number of hydrogen-bond acceptors (Lipinski definition) is 6. The van der Waals surface area contributed by atoms with E-state index in [-0.39, 0.29) is 17.1 Å². The van der Waals surface area contributed by atoms with E-state index < -0.39 is 5.91 Å². The van der Waals surface area contributed by atoms with Crippen LogP contribution in [-0.4, -0.2) is 32.9 Å². The normalized spacial score (nSPS) is 11.7. The summed E-state index contributed by atoms with van der Waals surface area (Å²) in [5, 5.41) is 7.43. The number of thioether (sulfide) groups is 1. The van der Waals surface area contributed by atoms with Crippen LogP contribution in [0.3, 0.4) is 0 Å². The van der Waals surface area contributed by atoms with Gasteiger partial charge in [-0.25, -0.2) is 4.98 Å². The number of carbonyl (C=O) groups is 3. The number of amides is 3. The first-order chi connectivity index (χ1) is 13.8. The second kappa shape index (κ2) is 8.93. The largest absolute Gasteiger partial charge is 0.364 e. The van der Waals surface area contributed by atoms with Gasteiger partial charge in [-0.05, 0) is 37.3 Å². The average molecular weight is 430 g/mol. The number of thiazole rings is 1. The van der Waals surface area contributed by atoms with Gasteiger partial charge in [0.1, 0.15) is 5.69 Å². The first kappa shape index (κ1) is 20.6. The number of nitrogens with one attached hydrogen (secondary N) is 3. The molecule has 1 atom stereocenters. The number of benzene rings is 1. The molecular formula is C19H19N5O3S2. The summed E-state index contributed by atoms with van der Waals surface area (Å²) < 4.78 is 0. The van der Waals surface area contributed by atoms with Crippen LogP contribution in [0.2, 0.25) is 0 Å². The molecule has 29 heavy (non-hydrogen) atoms. The maximum atomic E-state index is 12.5. The molecule has 2 heterocycles. The molecule has 2 aromatic heterocycles. The van der Waals surface area contributed by atoms with Gasteiger partial charge in [0.25, 0.3) is 5.91 Å². The molecular weight excluding hydrogens is 410 g/mol. The molecule has 0 saturated carbocycles. The second-order valence-corrected chi connectivity index (χ2v) is 8.43. The Morgan fingerprint density at radius 1 is 1.21 bits per heavy atom. The van der Waals surface area contributed by atoms with Crippen molar-refractivity contribution in [1.82, 2.24) is 9.97 Å². The van der Waals surface area contributed by atoms with Crippen LogP contribution in [-0.2, 0) is 9.59 Å². The van der Waals surface area contributed by atoms with Gasteiger partial charge in [0.2, 0.25) is 11.8 Å². The fraction of sp³-hybridized carbons (Fsp3) is 0.158. The van der Waals surface area contributed by atoms with Crippen molar-refractivity contribution in [1.29, 1.82) is 0 Å². The highest BCUT2D eigenvalue weighted by molar-refractivity contribution is 8.00. The van der Waals surface area contributed by atoms with Crippen LogP contribution in [0.1, 0.15) is 24.3 Å². The minimum atomic E-state index is -0.545. The quantitative estimate of drug-likeness (QED) is 0.428. The standard InChI is InChI=1S/C19H19N5O3S2/c1-10(29-14-5-3-13(4-6-14)22-11(2)25)18(27)24-19-23-16(9-28-19)12-7-15(17(20)26)21-8-12/h3-10,21H,1-2H3,(H2,20,26)(H,22,25)(H,23,24,27). The van der Waals surface area contributed by atoms with Crippen molar-refractivity contribution in [3.8, 4) is 11.3 Å². The molecule has 1 aromatic carbocycles. The summed E-state index contributed by atoms with van der Waals surface area (Å²) in [6.07, 6.45) is 1.64. The van der Waals surface area contributed by atoms with Crippen LogP contribution in [0.25, 0.3) is 11.3 Å². The summed E-state index contributed by atoms with van der Waals surface area (Å²) in [6, 6.07) is 8.90. The molecule has 10 heteroatoms. The first-order valence-corrected chi connectivity index (χ1v) is 10.4. The molecule has 0 fully saturated rings. The monoisotopic (exact) mass is 429 g/mol. The summed E-state index contributed by atoms with van der Waals surface area (Å²) in [6.45, 7) is 3.26. The number of anilines is 2. The molecule has 0 saturated heterocycles. The first-order valence-electron chi connectivity index (χ1n) is 8.61. The fourth-order valence-electron chi connectivity index (χ4n) is 2.43. The summed E-state index contributed by atoms with van der Waals surface area (Å²) >= 11 is 2.70. The van der Waals surface area contributed by atoms with Gasteiger partial charge in [0, 0.05) is 34.6 Å². The Labute approximate surface area is 175 Å². The molecule has 3 amide bonds. The topological polar surface area (TPSA) is 130 Å². The van der Waals surface area contributed by atoms with Crippen molar-refractivity contribution in [2.75, 3.05) is 10.6 Å². The number of H-pyrrole nitrogens is 1. The van der Waals surface area contributed by atoms with E-state index in [9.17, 15) is 14.4 Å². The minimum Gasteiger partial charge on any atom is -0.364 e. The predicted octanol–water partition coefficient (Wildman–Crippen LogP) is 3.31. The van der Waals surface area contributed by atoms with E-state index >= 15 is 0 Å². The summed E-state index contributed by atoms with van der Waals surface area (Å²) in [7, 11) is 0. The van der Waals surface area contributed by atoms with Crippen molar-refractivity contribution in [2.24, 2.45) is 5.73 Å². The molecule has 3 aromatic rings. The van der Waals surface area contributed by atoms with Gasteiger partial charge in [-0.2, -0.15) is 0 Å². The molecule has 3 rings (SSSR count). The molecule has 0 aliphatic rings. The van der Waals surface area contributed by atoms with Crippen LogP contribution in [0.5, 0.6) is 0 Å². The van der Waals surface area contributed by atoms with E-state index in [1.165, 1.54) is 30.0 Å². The van der Waals surface area contributed by atoms with Crippen molar-refractivity contribution >= 4 is 51.6 Å². The van der Waals surface area contributed by atoms with Gasteiger partial charge in [0.15, 0.2) is 5.13 Å². The molecule has 8 nitrogen and oxygen atoms in total. The number of aromatic nitrogens is 2. The minimum absolute atomic E-state index is 0.133. The Morgan fingerprint density at radius 3 is 2.55 bits per heavy atom. The van der Waals surface area contributed by atoms with Crippen LogP contribution < -0.4 is 16.4 Å². The van der Waals surface area contributed by atoms with Gasteiger partial charge in [0.05, 0.1) is 10.9 Å². The average Bonchev–Trinajstić information content (AvgIpc) is 3.32. The zero-order chi connectivity index (χ0) is 21.0. The van der Waals surface area contributed by atoms with Crippen LogP contribution in [0.4, 0.5) is 10.8 Å². The van der Waals surface area contributed by atoms with Crippen molar-refractivity contribution < 1.29 is 14.4 Å². The third kappa shape index (κ3) is 5.46. The molecule has 150 valence electrons. The highest BCUT2D eigenvalue weighted by Gasteiger charge is 2.17. The molecule has 5 N–H and O–H groups in total. The predicted molar refractivity (Wildman–Crippen MR) is 115 cm³/mol. The third-order valence-corrected chi connectivity index (χ3v) is 5.71. The molecule has 0 bridgehead atoms. The van der Waals surface area contributed by atoms with Crippen LogP contribution in [0, 0.1) is 0 Å². The molecule has 0 radical (unpaired) electrons. The Morgan fingerprint density at radius 2 is 1.93 bits per heavy atom. The van der Waals surface area contributed by atoms with E-state index in [1.54, 1.807) is 29.8 Å². The van der Waals surface area contributed by atoms with E-state index in [0.717, 1.165) is 10.5 Å². The highest BCUT2D eigenvalue weighted by Crippen LogP contribution is 2.28. The Hall–Kier alpha value is -3.11. The number of primary amides is 1. The Bertz CT molecular complexity index is 1040. The van der Waals surface area contributed by atoms with Crippen LogP contribution >= 0.6 is 23.1 Å². The van der Waals surface area contributed by atoms with E-state index in [1.807, 2.05) is 19.1 Å². The Kier molecular flexibility index (Phi) is 6.35. The van der Waals surface area contributed by atoms with Gasteiger partial charge >= 0.3 is 0 Å². The van der Waals surface area contributed by atoms with Gasteiger partial charge < -0.3 is 21.4 Å². The number of rotatable bonds is 7. The zero-order valence-electron chi connectivity index (χ0n) is 15.7. The highest BCUT2D eigenvalue weighted by atomic mass is 32.2. The van der Waals surface area contributed by atoms with Crippen LogP contribution in [0.15, 0.2) is 46.8 Å². The van der Waals surface area contributed by atoms with E-state index in [4.69, 9.17) is 5.73 Å². The molecule has 0 aliphatic heterocycles. The van der Waals surface area contributed by atoms with Gasteiger partial charge in [-0.1, -0.05) is 0 Å². The molecule has 1 unspecified atom stereocenters. The zero-order valence-corrected chi connectivity index (χ0v) is 17.3. The SMILES string of the molecule is CC(=O)Nc1ccc(SC(C)C(=O)Nc2nc(-c3c[nH]c(C(N)=O)c3)cs2)cc1. The van der Waals surface area contributed by atoms with Crippen molar-refractivity contribution in [3.63, 3.8) is 0 Å². The van der Waals surface area contributed by atoms with Crippen molar-refractivity contribution in [2.45, 2.75) is 24.0 Å². The summed E-state index contributed by atoms with van der Waals surface area (Å²) in [4.78, 5) is 42.8. The lowest BCUT2D eigenvalue weighted by Crippen LogP contribution is -2.22. The van der Waals surface area contributed by atoms with Crippen molar-refractivity contribution in [3.05, 3.63) is 47.6 Å². The number of aromatic amines is 1. The number of hydrogen-bond donors (Lipinski definition) is 4. The maximum Gasteiger partial charge on any atom is 0.265 e. The van der Waals surface area contributed by atoms with Gasteiger partial charge in [-0.15, -0.1) is 23.1 Å². The fourth-order valence-corrected chi connectivity index (χ4v) is 4.02. The maximum absolute atomic E-state index is 12.5. The molecule has 0 aliphatic carbocycles. The lowest BCUT2D eigenvalue weighted by atomic mass is 10.2. The van der Waals surface area contributed by atoms with E-state index in [2.05, 4.69) is 20.6 Å². The van der Waals surface area contributed by atoms with E-state index in [0.29, 0.717) is 22.2 Å². The Balaban J connectivity index is 1.59. The molecule has 0 spiro atoms. The third-order valence-electron chi connectivity index (χ3n) is 3.84. The number of carbonyl (C=O) groups excluding carboxylic acids is 3. The summed E-state index contributed by atoms with van der Waals surface area (Å²) in [5.74, 6) is -0.851.